The summed E-state index contributed by atoms with van der Waals surface area (Å²) in [6.07, 6.45) is 18.2. The topological polar surface area (TPSA) is 15.6 Å². The van der Waals surface area contributed by atoms with Crippen molar-refractivity contribution in [1.29, 1.82) is 0 Å². The summed E-state index contributed by atoms with van der Waals surface area (Å²) in [6, 6.07) is 19.5. The summed E-state index contributed by atoms with van der Waals surface area (Å²) in [5.41, 5.74) is 7.90. The fourth-order valence-corrected chi connectivity index (χ4v) is 5.36. The first kappa shape index (κ1) is 30.7. The van der Waals surface area contributed by atoms with Crippen molar-refractivity contribution in [2.45, 2.75) is 6.92 Å². The molecule has 4 rings (SSSR count). The van der Waals surface area contributed by atoms with E-state index in [0.717, 1.165) is 51.4 Å². The third kappa shape index (κ3) is 8.15. The van der Waals surface area contributed by atoms with Gasteiger partial charge in [0.05, 0.1) is 5.71 Å². The van der Waals surface area contributed by atoms with Gasteiger partial charge in [0, 0.05) is 57.5 Å². The molecule has 0 radical (unpaired) electrons. The minimum Gasteiger partial charge on any atom is -0.378 e. The van der Waals surface area contributed by atoms with Gasteiger partial charge in [-0.2, -0.15) is 0 Å². The molecule has 0 amide bonds. The maximum atomic E-state index is 6.63. The molecule has 0 fully saturated rings. The second kappa shape index (κ2) is 14.6. The highest BCUT2D eigenvalue weighted by molar-refractivity contribution is 6.36. The highest BCUT2D eigenvalue weighted by Gasteiger charge is 2.11. The van der Waals surface area contributed by atoms with Gasteiger partial charge in [-0.3, -0.25) is 4.99 Å². The Balaban J connectivity index is 1.71. The highest BCUT2D eigenvalue weighted by atomic mass is 35.5. The Kier molecular flexibility index (Phi) is 10.9. The van der Waals surface area contributed by atoms with Gasteiger partial charge < -0.3 is 4.90 Å². The summed E-state index contributed by atoms with van der Waals surface area (Å²) >= 11 is 25.6. The Morgan fingerprint density at radius 3 is 1.90 bits per heavy atom. The van der Waals surface area contributed by atoms with Crippen molar-refractivity contribution >= 4 is 68.9 Å². The molecule has 0 aromatic heterocycles. The Morgan fingerprint density at radius 2 is 1.34 bits per heavy atom. The summed E-state index contributed by atoms with van der Waals surface area (Å²) < 4.78 is 0. The van der Waals surface area contributed by atoms with Crippen LogP contribution in [-0.4, -0.2) is 26.4 Å². The zero-order valence-corrected chi connectivity index (χ0v) is 26.1. The first-order valence-electron chi connectivity index (χ1n) is 13.2. The number of hydrogen-bond acceptors (Lipinski definition) is 2. The largest absolute Gasteiger partial charge is 0.378 e. The third-order valence-electron chi connectivity index (χ3n) is 6.40. The van der Waals surface area contributed by atoms with Crippen molar-refractivity contribution in [3.05, 3.63) is 158 Å². The standard InChI is InChI=1S/C35H30Cl4N2/c1-4-40-28-16-10-24(11-17-28)30(32-20-14-26(36)22-34(32)38)8-6-5-7-9-31(33-21-15-27(37)23-35(33)39)25-12-18-29(19-13-25)41(2)3/h5-23H,4H2,1-3H3. The SMILES string of the molecule is CCN=C1C=CC(=C(C=CC=CC=C(c2ccc(N(C)C)cc2)c2ccc(Cl)cc2Cl)c2ccc(Cl)cc2Cl)C=C1. The maximum absolute atomic E-state index is 6.63. The monoisotopic (exact) mass is 618 g/mol. The molecule has 0 N–H and O–H groups in total. The van der Waals surface area contributed by atoms with Crippen LogP contribution in [-0.2, 0) is 0 Å². The molecule has 1 aliphatic rings. The van der Waals surface area contributed by atoms with Crippen molar-refractivity contribution in [2.24, 2.45) is 4.99 Å². The van der Waals surface area contributed by atoms with Crippen LogP contribution >= 0.6 is 46.4 Å². The Morgan fingerprint density at radius 1 is 0.732 bits per heavy atom. The van der Waals surface area contributed by atoms with Gasteiger partial charge in [0.1, 0.15) is 0 Å². The zero-order chi connectivity index (χ0) is 29.4. The Hall–Kier alpha value is -3.27. The van der Waals surface area contributed by atoms with Gasteiger partial charge >= 0.3 is 0 Å². The molecular formula is C35H30Cl4N2. The summed E-state index contributed by atoms with van der Waals surface area (Å²) in [6.45, 7) is 2.76. The van der Waals surface area contributed by atoms with Gasteiger partial charge in [-0.05, 0) is 77.8 Å². The molecule has 6 heteroatoms. The normalized spacial score (nSPS) is 13.5. The van der Waals surface area contributed by atoms with Crippen LogP contribution in [0.2, 0.25) is 20.1 Å². The highest BCUT2D eigenvalue weighted by Crippen LogP contribution is 2.33. The van der Waals surface area contributed by atoms with E-state index in [4.69, 9.17) is 46.4 Å². The average molecular weight is 620 g/mol. The number of nitrogens with zero attached hydrogens (tertiary/aromatic N) is 2. The van der Waals surface area contributed by atoms with E-state index in [0.29, 0.717) is 20.1 Å². The molecule has 208 valence electrons. The molecule has 3 aromatic carbocycles. The summed E-state index contributed by atoms with van der Waals surface area (Å²) in [5, 5.41) is 2.37. The first-order chi connectivity index (χ1) is 19.8. The summed E-state index contributed by atoms with van der Waals surface area (Å²) in [7, 11) is 4.04. The smallest absolute Gasteiger partial charge is 0.0574 e. The Labute approximate surface area is 262 Å². The number of hydrogen-bond donors (Lipinski definition) is 0. The predicted octanol–water partition coefficient (Wildman–Crippen LogP) is 11.0. The number of rotatable bonds is 8. The predicted molar refractivity (Wildman–Crippen MR) is 182 cm³/mol. The van der Waals surface area contributed by atoms with Gasteiger partial charge in [-0.15, -0.1) is 0 Å². The quantitative estimate of drug-likeness (QED) is 0.229. The molecule has 0 bridgehead atoms. The van der Waals surface area contributed by atoms with Gasteiger partial charge in [0.25, 0.3) is 0 Å². The van der Waals surface area contributed by atoms with Gasteiger partial charge in [-0.25, -0.2) is 0 Å². The van der Waals surface area contributed by atoms with E-state index in [9.17, 15) is 0 Å². The van der Waals surface area contributed by atoms with E-state index in [1.807, 2.05) is 81.7 Å². The maximum Gasteiger partial charge on any atom is 0.0574 e. The number of aliphatic imine (C=N–C) groups is 1. The molecule has 0 spiro atoms. The van der Waals surface area contributed by atoms with Crippen LogP contribution in [0.15, 0.2) is 126 Å². The number of benzene rings is 3. The summed E-state index contributed by atoms with van der Waals surface area (Å²) in [5.74, 6) is 0. The number of allylic oxidation sites excluding steroid dienone is 11. The zero-order valence-electron chi connectivity index (χ0n) is 23.1. The van der Waals surface area contributed by atoms with E-state index in [1.165, 1.54) is 0 Å². The molecule has 2 nitrogen and oxygen atoms in total. The van der Waals surface area contributed by atoms with E-state index in [2.05, 4.69) is 52.4 Å². The molecule has 0 aliphatic heterocycles. The van der Waals surface area contributed by atoms with Crippen molar-refractivity contribution in [3.8, 4) is 0 Å². The van der Waals surface area contributed by atoms with E-state index in [1.54, 1.807) is 12.1 Å². The molecule has 0 heterocycles. The number of anilines is 1. The minimum atomic E-state index is 0.587. The lowest BCUT2D eigenvalue weighted by Crippen LogP contribution is -2.08. The molecule has 41 heavy (non-hydrogen) atoms. The van der Waals surface area contributed by atoms with Crippen molar-refractivity contribution in [2.75, 3.05) is 25.5 Å². The van der Waals surface area contributed by atoms with Gasteiger partial charge in [0.2, 0.25) is 0 Å². The van der Waals surface area contributed by atoms with Crippen LogP contribution in [0.25, 0.3) is 11.1 Å². The van der Waals surface area contributed by atoms with E-state index < -0.39 is 0 Å². The van der Waals surface area contributed by atoms with Gasteiger partial charge in [0.15, 0.2) is 0 Å². The van der Waals surface area contributed by atoms with Crippen LogP contribution in [0.1, 0.15) is 23.6 Å². The molecular weight excluding hydrogens is 590 g/mol. The lowest BCUT2D eigenvalue weighted by molar-refractivity contribution is 1.13. The molecule has 0 saturated heterocycles. The van der Waals surface area contributed by atoms with Gasteiger partial charge in [-0.1, -0.05) is 113 Å². The van der Waals surface area contributed by atoms with Crippen molar-refractivity contribution in [1.82, 2.24) is 0 Å². The van der Waals surface area contributed by atoms with Crippen LogP contribution in [0, 0.1) is 0 Å². The van der Waals surface area contributed by atoms with E-state index in [-0.39, 0.29) is 0 Å². The lowest BCUT2D eigenvalue weighted by atomic mass is 9.95. The molecule has 3 aromatic rings. The first-order valence-corrected chi connectivity index (χ1v) is 14.7. The van der Waals surface area contributed by atoms with Crippen molar-refractivity contribution in [3.63, 3.8) is 0 Å². The summed E-state index contributed by atoms with van der Waals surface area (Å²) in [4.78, 5) is 6.55. The van der Waals surface area contributed by atoms with E-state index >= 15 is 0 Å². The van der Waals surface area contributed by atoms with Crippen molar-refractivity contribution < 1.29 is 0 Å². The second-order valence-electron chi connectivity index (χ2n) is 9.45. The molecule has 1 aliphatic carbocycles. The number of halogens is 4. The second-order valence-corrected chi connectivity index (χ2v) is 11.1. The minimum absolute atomic E-state index is 0.587. The Bertz CT molecular complexity index is 1600. The van der Waals surface area contributed by atoms with Crippen LogP contribution in [0.3, 0.4) is 0 Å². The third-order valence-corrected chi connectivity index (χ3v) is 7.50. The van der Waals surface area contributed by atoms with Crippen LogP contribution < -0.4 is 4.90 Å². The molecule has 0 atom stereocenters. The molecule has 0 saturated carbocycles. The lowest BCUT2D eigenvalue weighted by Gasteiger charge is -2.15. The fraction of sp³-hybridized carbons (Fsp3) is 0.114. The van der Waals surface area contributed by atoms with Crippen LogP contribution in [0.4, 0.5) is 5.69 Å². The van der Waals surface area contributed by atoms with Crippen LogP contribution in [0.5, 0.6) is 0 Å². The average Bonchev–Trinajstić information content (AvgIpc) is 2.95. The molecule has 0 unspecified atom stereocenters. The fourth-order valence-electron chi connectivity index (χ4n) is 4.33.